The van der Waals surface area contributed by atoms with Gasteiger partial charge in [0.15, 0.2) is 0 Å². The van der Waals surface area contributed by atoms with E-state index in [1.54, 1.807) is 0 Å². The van der Waals surface area contributed by atoms with Crippen molar-refractivity contribution in [3.8, 4) is 0 Å². The van der Waals surface area contributed by atoms with Gasteiger partial charge in [-0.1, -0.05) is 123 Å². The summed E-state index contributed by atoms with van der Waals surface area (Å²) in [6.45, 7) is 6.58. The minimum atomic E-state index is 0.296. The van der Waals surface area contributed by atoms with Crippen LogP contribution >= 0.6 is 0 Å². The van der Waals surface area contributed by atoms with E-state index in [2.05, 4.69) is 18.7 Å². The fraction of sp³-hybridized carbons (Fsp3) is 0.963. The second-order valence-corrected chi connectivity index (χ2v) is 9.61. The van der Waals surface area contributed by atoms with Gasteiger partial charge < -0.3 is 4.90 Å². The summed E-state index contributed by atoms with van der Waals surface area (Å²) in [5, 5.41) is 0. The monoisotopic (exact) mass is 407 g/mol. The van der Waals surface area contributed by atoms with Crippen LogP contribution in [0.3, 0.4) is 0 Å². The minimum Gasteiger partial charge on any atom is -0.342 e. The Morgan fingerprint density at radius 3 is 1.41 bits per heavy atom. The van der Waals surface area contributed by atoms with Crippen LogP contribution in [0.2, 0.25) is 0 Å². The lowest BCUT2D eigenvalue weighted by molar-refractivity contribution is -0.136. The van der Waals surface area contributed by atoms with Crippen LogP contribution in [-0.2, 0) is 4.79 Å². The van der Waals surface area contributed by atoms with Crippen molar-refractivity contribution in [1.82, 2.24) is 4.90 Å². The lowest BCUT2D eigenvalue weighted by Crippen LogP contribution is -2.37. The summed E-state index contributed by atoms with van der Waals surface area (Å²) in [5.41, 5.74) is 0. The van der Waals surface area contributed by atoms with Crippen LogP contribution in [0.25, 0.3) is 0 Å². The molecule has 0 bridgehead atoms. The molecule has 0 radical (unpaired) electrons. The number of carbonyl (C=O) groups is 1. The molecular weight excluding hydrogens is 354 g/mol. The maximum absolute atomic E-state index is 13.5. The Balaban J connectivity index is 2.57. The number of nitrogens with zero attached hydrogens (tertiary/aromatic N) is 1. The van der Waals surface area contributed by atoms with Gasteiger partial charge in [0.05, 0.1) is 0 Å². The van der Waals surface area contributed by atoms with E-state index >= 15 is 0 Å². The molecule has 2 nitrogen and oxygen atoms in total. The molecule has 0 aromatic rings. The quantitative estimate of drug-likeness (QED) is 0.296. The number of unbranched alkanes of at least 4 members (excludes halogenated alkanes) is 7. The van der Waals surface area contributed by atoms with Gasteiger partial charge in [-0.3, -0.25) is 4.79 Å². The first-order valence-corrected chi connectivity index (χ1v) is 13.6. The standard InChI is InChI=1S/C27H53NO/c1-3-5-7-15-19-23-26(22-18-8-6-4-2)27(29)28-24-20-16-13-11-9-10-12-14-17-21-25-28/h26H,3-25H2,1-2H3. The van der Waals surface area contributed by atoms with Gasteiger partial charge in [0.25, 0.3) is 0 Å². The summed E-state index contributed by atoms with van der Waals surface area (Å²) in [6, 6.07) is 0. The highest BCUT2D eigenvalue weighted by Crippen LogP contribution is 2.22. The zero-order valence-electron chi connectivity index (χ0n) is 20.2. The molecule has 0 aliphatic carbocycles. The first-order valence-electron chi connectivity index (χ1n) is 13.6. The highest BCUT2D eigenvalue weighted by Gasteiger charge is 2.23. The van der Waals surface area contributed by atoms with Gasteiger partial charge in [0.1, 0.15) is 0 Å². The van der Waals surface area contributed by atoms with Crippen LogP contribution in [0.15, 0.2) is 0 Å². The lowest BCUT2D eigenvalue weighted by Gasteiger charge is -2.28. The molecule has 1 saturated heterocycles. The maximum Gasteiger partial charge on any atom is 0.225 e. The number of amides is 1. The van der Waals surface area contributed by atoms with E-state index in [-0.39, 0.29) is 0 Å². The van der Waals surface area contributed by atoms with E-state index < -0.39 is 0 Å². The summed E-state index contributed by atoms with van der Waals surface area (Å²) in [7, 11) is 0. The third kappa shape index (κ3) is 14.2. The molecule has 1 amide bonds. The third-order valence-corrected chi connectivity index (χ3v) is 6.83. The van der Waals surface area contributed by atoms with Crippen molar-refractivity contribution in [3.63, 3.8) is 0 Å². The summed E-state index contributed by atoms with van der Waals surface area (Å²) < 4.78 is 0. The Kier molecular flexibility index (Phi) is 17.8. The zero-order valence-corrected chi connectivity index (χ0v) is 20.2. The molecule has 29 heavy (non-hydrogen) atoms. The molecule has 0 spiro atoms. The Bertz CT molecular complexity index is 354. The van der Waals surface area contributed by atoms with Gasteiger partial charge in [-0.05, 0) is 25.7 Å². The van der Waals surface area contributed by atoms with Crippen LogP contribution in [0.1, 0.15) is 149 Å². The van der Waals surface area contributed by atoms with E-state index in [4.69, 9.17) is 0 Å². The van der Waals surface area contributed by atoms with Gasteiger partial charge in [0, 0.05) is 19.0 Å². The first-order chi connectivity index (χ1) is 14.3. The van der Waals surface area contributed by atoms with Gasteiger partial charge in [-0.25, -0.2) is 0 Å². The van der Waals surface area contributed by atoms with Crippen molar-refractivity contribution >= 4 is 5.91 Å². The first kappa shape index (κ1) is 26.5. The van der Waals surface area contributed by atoms with Crippen molar-refractivity contribution in [3.05, 3.63) is 0 Å². The van der Waals surface area contributed by atoms with Crippen LogP contribution in [0.5, 0.6) is 0 Å². The van der Waals surface area contributed by atoms with Crippen molar-refractivity contribution in [2.24, 2.45) is 5.92 Å². The molecule has 0 aromatic carbocycles. The molecule has 0 saturated carbocycles. The van der Waals surface area contributed by atoms with Gasteiger partial charge in [-0.15, -0.1) is 0 Å². The number of rotatable bonds is 12. The summed E-state index contributed by atoms with van der Waals surface area (Å²) in [6.07, 6.45) is 27.3. The third-order valence-electron chi connectivity index (χ3n) is 6.83. The molecule has 0 aromatic heterocycles. The minimum absolute atomic E-state index is 0.296. The van der Waals surface area contributed by atoms with Crippen molar-refractivity contribution in [1.29, 1.82) is 0 Å². The Hall–Kier alpha value is -0.530. The normalized spacial score (nSPS) is 18.5. The van der Waals surface area contributed by atoms with Crippen molar-refractivity contribution < 1.29 is 4.79 Å². The van der Waals surface area contributed by atoms with Gasteiger partial charge >= 0.3 is 0 Å². The van der Waals surface area contributed by atoms with E-state index in [9.17, 15) is 4.79 Å². The SMILES string of the molecule is CCCCCCCC(CCCCCC)C(=O)N1CCCCCCCCCCCC1. The number of hydrogen-bond donors (Lipinski definition) is 0. The predicted octanol–water partition coefficient (Wildman–Crippen LogP) is 8.68. The zero-order chi connectivity index (χ0) is 21.0. The van der Waals surface area contributed by atoms with Crippen molar-refractivity contribution in [2.45, 2.75) is 149 Å². The molecular formula is C27H53NO. The van der Waals surface area contributed by atoms with E-state index in [0.717, 1.165) is 25.9 Å². The summed E-state index contributed by atoms with van der Waals surface area (Å²) in [5.74, 6) is 0.802. The van der Waals surface area contributed by atoms with Crippen LogP contribution < -0.4 is 0 Å². The Morgan fingerprint density at radius 1 is 0.586 bits per heavy atom. The molecule has 1 fully saturated rings. The van der Waals surface area contributed by atoms with E-state index in [1.165, 1.54) is 122 Å². The predicted molar refractivity (Wildman–Crippen MR) is 128 cm³/mol. The van der Waals surface area contributed by atoms with Gasteiger partial charge in [0.2, 0.25) is 5.91 Å². The largest absolute Gasteiger partial charge is 0.342 e. The van der Waals surface area contributed by atoms with Gasteiger partial charge in [-0.2, -0.15) is 0 Å². The number of carbonyl (C=O) groups excluding carboxylic acids is 1. The highest BCUT2D eigenvalue weighted by atomic mass is 16.2. The molecule has 172 valence electrons. The molecule has 1 atom stereocenters. The second kappa shape index (κ2) is 19.4. The van der Waals surface area contributed by atoms with E-state index in [0.29, 0.717) is 11.8 Å². The molecule has 1 heterocycles. The highest BCUT2D eigenvalue weighted by molar-refractivity contribution is 5.78. The smallest absolute Gasteiger partial charge is 0.225 e. The second-order valence-electron chi connectivity index (χ2n) is 9.61. The topological polar surface area (TPSA) is 20.3 Å². The summed E-state index contributed by atoms with van der Waals surface area (Å²) in [4.78, 5) is 15.8. The summed E-state index contributed by atoms with van der Waals surface area (Å²) >= 11 is 0. The lowest BCUT2D eigenvalue weighted by atomic mass is 9.92. The molecule has 1 aliphatic heterocycles. The Labute approximate surface area is 183 Å². The average Bonchev–Trinajstić information content (AvgIpc) is 2.76. The fourth-order valence-corrected chi connectivity index (χ4v) is 4.81. The molecule has 1 aliphatic rings. The number of hydrogen-bond acceptors (Lipinski definition) is 1. The average molecular weight is 408 g/mol. The molecule has 1 rings (SSSR count). The van der Waals surface area contributed by atoms with Crippen LogP contribution in [0.4, 0.5) is 0 Å². The van der Waals surface area contributed by atoms with Crippen LogP contribution in [-0.4, -0.2) is 23.9 Å². The molecule has 2 heteroatoms. The van der Waals surface area contributed by atoms with Crippen LogP contribution in [0, 0.1) is 5.92 Å². The molecule has 1 unspecified atom stereocenters. The molecule has 0 N–H and O–H groups in total. The maximum atomic E-state index is 13.5. The fourth-order valence-electron chi connectivity index (χ4n) is 4.81. The van der Waals surface area contributed by atoms with E-state index in [1.807, 2.05) is 0 Å². The Morgan fingerprint density at radius 2 is 0.966 bits per heavy atom. The van der Waals surface area contributed by atoms with Crippen molar-refractivity contribution in [2.75, 3.05) is 13.1 Å².